The summed E-state index contributed by atoms with van der Waals surface area (Å²) < 4.78 is 10.6. The largest absolute Gasteiger partial charge is 0.462 e. The number of carbonyl (C=O) groups is 2. The summed E-state index contributed by atoms with van der Waals surface area (Å²) >= 11 is 0. The predicted octanol–water partition coefficient (Wildman–Crippen LogP) is 4.57. The van der Waals surface area contributed by atoms with Crippen LogP contribution in [0.5, 0.6) is 0 Å². The normalized spacial score (nSPS) is 17.1. The Kier molecular flexibility index (Phi) is 10.4. The molecule has 0 saturated heterocycles. The van der Waals surface area contributed by atoms with Crippen LogP contribution in [0.3, 0.4) is 0 Å². The Bertz CT molecular complexity index is 370. The van der Waals surface area contributed by atoms with E-state index < -0.39 is 11.9 Å². The van der Waals surface area contributed by atoms with Crippen LogP contribution in [0.15, 0.2) is 12.2 Å². The van der Waals surface area contributed by atoms with Crippen LogP contribution in [0.1, 0.15) is 78.1 Å². The summed E-state index contributed by atoms with van der Waals surface area (Å²) in [5.74, 6) is -0.418. The fourth-order valence-corrected chi connectivity index (χ4v) is 2.96. The average molecular weight is 324 g/mol. The van der Waals surface area contributed by atoms with E-state index in [0.717, 1.165) is 44.9 Å². The third-order valence-corrected chi connectivity index (χ3v) is 4.31. The van der Waals surface area contributed by atoms with Crippen LogP contribution in [0.25, 0.3) is 0 Å². The van der Waals surface area contributed by atoms with Crippen molar-refractivity contribution in [3.63, 3.8) is 0 Å². The van der Waals surface area contributed by atoms with Crippen LogP contribution in [0, 0.1) is 5.92 Å². The predicted molar refractivity (Wildman–Crippen MR) is 91.0 cm³/mol. The lowest BCUT2D eigenvalue weighted by molar-refractivity contribution is -0.145. The van der Waals surface area contributed by atoms with Gasteiger partial charge in [0.2, 0.25) is 0 Å². The van der Waals surface area contributed by atoms with Gasteiger partial charge >= 0.3 is 11.9 Å². The van der Waals surface area contributed by atoms with Crippen LogP contribution in [0.4, 0.5) is 0 Å². The highest BCUT2D eigenvalue weighted by atomic mass is 16.5. The van der Waals surface area contributed by atoms with Gasteiger partial charge in [-0.05, 0) is 31.6 Å². The van der Waals surface area contributed by atoms with Crippen LogP contribution in [-0.2, 0) is 19.1 Å². The molecule has 1 unspecified atom stereocenters. The smallest absolute Gasteiger partial charge is 0.331 e. The molecule has 4 heteroatoms. The molecular weight excluding hydrogens is 292 g/mol. The molecule has 23 heavy (non-hydrogen) atoms. The SMILES string of the molecule is CCCCC(CCC)OC(=O)/C=C/C(=O)OCC1CCCCC1. The lowest BCUT2D eigenvalue weighted by Crippen LogP contribution is -2.18. The van der Waals surface area contributed by atoms with Gasteiger partial charge in [-0.15, -0.1) is 0 Å². The van der Waals surface area contributed by atoms with Gasteiger partial charge in [-0.1, -0.05) is 52.4 Å². The van der Waals surface area contributed by atoms with Gasteiger partial charge in [-0.3, -0.25) is 0 Å². The minimum atomic E-state index is -0.451. The second kappa shape index (κ2) is 12.1. The minimum Gasteiger partial charge on any atom is -0.462 e. The van der Waals surface area contributed by atoms with Gasteiger partial charge in [0.15, 0.2) is 0 Å². The van der Waals surface area contributed by atoms with Gasteiger partial charge in [0.25, 0.3) is 0 Å². The molecule has 1 saturated carbocycles. The molecule has 1 rings (SSSR count). The summed E-state index contributed by atoms with van der Waals surface area (Å²) in [6.07, 6.45) is 13.2. The van der Waals surface area contributed by atoms with Crippen molar-refractivity contribution in [3.8, 4) is 0 Å². The Balaban J connectivity index is 2.27. The minimum absolute atomic E-state index is 0.0460. The standard InChI is InChI=1S/C19H32O4/c1-3-5-12-17(9-4-2)23-19(21)14-13-18(20)22-15-16-10-7-6-8-11-16/h13-14,16-17H,3-12,15H2,1-2H3/b14-13+. The van der Waals surface area contributed by atoms with Crippen molar-refractivity contribution < 1.29 is 19.1 Å². The Morgan fingerprint density at radius 3 is 2.35 bits per heavy atom. The first-order valence-corrected chi connectivity index (χ1v) is 9.21. The summed E-state index contributed by atoms with van der Waals surface area (Å²) in [4.78, 5) is 23.4. The first-order valence-electron chi connectivity index (χ1n) is 9.21. The van der Waals surface area contributed by atoms with E-state index in [1.165, 1.54) is 31.4 Å². The van der Waals surface area contributed by atoms with Crippen molar-refractivity contribution in [3.05, 3.63) is 12.2 Å². The molecule has 0 bridgehead atoms. The maximum Gasteiger partial charge on any atom is 0.331 e. The first kappa shape index (κ1) is 19.7. The summed E-state index contributed by atoms with van der Waals surface area (Å²) in [5, 5.41) is 0. The van der Waals surface area contributed by atoms with Crippen molar-refractivity contribution in [2.45, 2.75) is 84.2 Å². The Morgan fingerprint density at radius 1 is 1.00 bits per heavy atom. The van der Waals surface area contributed by atoms with Gasteiger partial charge in [-0.25, -0.2) is 9.59 Å². The van der Waals surface area contributed by atoms with Crippen molar-refractivity contribution in [1.29, 1.82) is 0 Å². The zero-order valence-electron chi connectivity index (χ0n) is 14.7. The number of ether oxygens (including phenoxy) is 2. The molecule has 1 aliphatic carbocycles. The molecule has 0 aromatic carbocycles. The summed E-state index contributed by atoms with van der Waals surface area (Å²) in [5.41, 5.74) is 0. The number of unbranched alkanes of at least 4 members (excludes halogenated alkanes) is 1. The van der Waals surface area contributed by atoms with Crippen LogP contribution >= 0.6 is 0 Å². The number of hydrogen-bond donors (Lipinski definition) is 0. The number of carbonyl (C=O) groups excluding carboxylic acids is 2. The van der Waals surface area contributed by atoms with E-state index in [9.17, 15) is 9.59 Å². The summed E-state index contributed by atoms with van der Waals surface area (Å²) in [7, 11) is 0. The zero-order chi connectivity index (χ0) is 16.9. The third kappa shape index (κ3) is 9.42. The summed E-state index contributed by atoms with van der Waals surface area (Å²) in [6, 6.07) is 0. The van der Waals surface area contributed by atoms with Crippen molar-refractivity contribution >= 4 is 11.9 Å². The lowest BCUT2D eigenvalue weighted by Gasteiger charge is -2.20. The topological polar surface area (TPSA) is 52.6 Å². The maximum absolute atomic E-state index is 11.8. The molecule has 0 aromatic heterocycles. The van der Waals surface area contributed by atoms with Crippen LogP contribution in [0.2, 0.25) is 0 Å². The second-order valence-corrected chi connectivity index (χ2v) is 6.46. The van der Waals surface area contributed by atoms with Gasteiger partial charge in [-0.2, -0.15) is 0 Å². The molecule has 1 fully saturated rings. The van der Waals surface area contributed by atoms with Crippen LogP contribution in [-0.4, -0.2) is 24.6 Å². The van der Waals surface area contributed by atoms with Crippen molar-refractivity contribution in [2.75, 3.05) is 6.61 Å². The molecule has 4 nitrogen and oxygen atoms in total. The number of esters is 2. The van der Waals surface area contributed by atoms with E-state index >= 15 is 0 Å². The molecule has 132 valence electrons. The van der Waals surface area contributed by atoms with E-state index in [-0.39, 0.29) is 6.10 Å². The molecular formula is C19H32O4. The molecule has 0 aliphatic heterocycles. The fraction of sp³-hybridized carbons (Fsp3) is 0.789. The number of rotatable bonds is 10. The highest BCUT2D eigenvalue weighted by Gasteiger charge is 2.15. The molecule has 1 atom stereocenters. The quantitative estimate of drug-likeness (QED) is 0.436. The molecule has 0 amide bonds. The van der Waals surface area contributed by atoms with Crippen molar-refractivity contribution in [1.82, 2.24) is 0 Å². The fourth-order valence-electron chi connectivity index (χ4n) is 2.96. The van der Waals surface area contributed by atoms with Gasteiger partial charge in [0.05, 0.1) is 6.61 Å². The zero-order valence-corrected chi connectivity index (χ0v) is 14.7. The second-order valence-electron chi connectivity index (χ2n) is 6.46. The monoisotopic (exact) mass is 324 g/mol. The van der Waals surface area contributed by atoms with E-state index in [0.29, 0.717) is 12.5 Å². The van der Waals surface area contributed by atoms with Gasteiger partial charge in [0.1, 0.15) is 6.10 Å². The van der Waals surface area contributed by atoms with Gasteiger partial charge in [0, 0.05) is 12.2 Å². The highest BCUT2D eigenvalue weighted by Crippen LogP contribution is 2.23. The first-order chi connectivity index (χ1) is 11.2. The van der Waals surface area contributed by atoms with E-state index in [4.69, 9.17) is 9.47 Å². The lowest BCUT2D eigenvalue weighted by atomic mass is 9.90. The Morgan fingerprint density at radius 2 is 1.70 bits per heavy atom. The van der Waals surface area contributed by atoms with E-state index in [1.54, 1.807) is 0 Å². The van der Waals surface area contributed by atoms with Crippen molar-refractivity contribution in [2.24, 2.45) is 5.92 Å². The average Bonchev–Trinajstić information content (AvgIpc) is 2.57. The molecule has 1 aliphatic rings. The van der Waals surface area contributed by atoms with E-state index in [1.807, 2.05) is 0 Å². The molecule has 0 aromatic rings. The third-order valence-electron chi connectivity index (χ3n) is 4.31. The number of hydrogen-bond acceptors (Lipinski definition) is 4. The van der Waals surface area contributed by atoms with Gasteiger partial charge < -0.3 is 9.47 Å². The Labute approximate surface area is 140 Å². The molecule has 0 N–H and O–H groups in total. The molecule has 0 spiro atoms. The maximum atomic E-state index is 11.8. The molecule has 0 radical (unpaired) electrons. The van der Waals surface area contributed by atoms with E-state index in [2.05, 4.69) is 13.8 Å². The Hall–Kier alpha value is -1.32. The van der Waals surface area contributed by atoms with Crippen LogP contribution < -0.4 is 0 Å². The summed E-state index contributed by atoms with van der Waals surface area (Å²) in [6.45, 7) is 4.66. The molecule has 0 heterocycles. The highest BCUT2D eigenvalue weighted by molar-refractivity contribution is 5.91.